The molecule has 1 aromatic carbocycles. The van der Waals surface area contributed by atoms with Crippen LogP contribution in [0.4, 0.5) is 4.39 Å². The molecule has 1 heteroatoms. The van der Waals surface area contributed by atoms with Crippen molar-refractivity contribution in [3.63, 3.8) is 0 Å². The number of hydrogen-bond acceptors (Lipinski definition) is 0. The molecule has 2 aliphatic rings. The Morgan fingerprint density at radius 3 is 2.86 bits per heavy atom. The van der Waals surface area contributed by atoms with Gasteiger partial charge in [-0.3, -0.25) is 0 Å². The van der Waals surface area contributed by atoms with E-state index in [4.69, 9.17) is 0 Å². The van der Waals surface area contributed by atoms with E-state index in [0.717, 1.165) is 11.5 Å². The maximum absolute atomic E-state index is 13.1. The van der Waals surface area contributed by atoms with Gasteiger partial charge in [-0.15, -0.1) is 0 Å². The van der Waals surface area contributed by atoms with Crippen LogP contribution >= 0.6 is 0 Å². The Morgan fingerprint density at radius 1 is 1.36 bits per heavy atom. The Labute approximate surface area is 83.5 Å². The lowest BCUT2D eigenvalue weighted by Crippen LogP contribution is -2.17. The first-order valence-electron chi connectivity index (χ1n) is 5.24. The first-order valence-corrected chi connectivity index (χ1v) is 5.24. The van der Waals surface area contributed by atoms with Crippen molar-refractivity contribution in [3.05, 3.63) is 47.8 Å². The molecular weight excluding hydrogens is 175 g/mol. The second-order valence-corrected chi connectivity index (χ2v) is 4.53. The SMILES string of the molecule is Fc1cccc(C23C=CC(CC2)C3)c1. The van der Waals surface area contributed by atoms with E-state index in [1.54, 1.807) is 6.07 Å². The molecule has 3 rings (SSSR count). The molecule has 0 N–H and O–H groups in total. The van der Waals surface area contributed by atoms with Gasteiger partial charge < -0.3 is 0 Å². The Kier molecular flexibility index (Phi) is 1.58. The molecule has 0 aromatic heterocycles. The van der Waals surface area contributed by atoms with E-state index in [1.165, 1.54) is 25.3 Å². The summed E-state index contributed by atoms with van der Waals surface area (Å²) in [7, 11) is 0. The average Bonchev–Trinajstić information content (AvgIpc) is 2.78. The molecule has 72 valence electrons. The highest BCUT2D eigenvalue weighted by atomic mass is 19.1. The lowest BCUT2D eigenvalue weighted by Gasteiger charge is -2.23. The van der Waals surface area contributed by atoms with E-state index in [1.807, 2.05) is 6.07 Å². The normalized spacial score (nSPS) is 33.9. The van der Waals surface area contributed by atoms with E-state index in [2.05, 4.69) is 18.2 Å². The minimum Gasteiger partial charge on any atom is -0.207 e. The molecule has 0 radical (unpaired) electrons. The third-order valence-corrected chi connectivity index (χ3v) is 3.67. The molecule has 0 heterocycles. The second-order valence-electron chi connectivity index (χ2n) is 4.53. The lowest BCUT2D eigenvalue weighted by molar-refractivity contribution is 0.555. The topological polar surface area (TPSA) is 0 Å². The van der Waals surface area contributed by atoms with Crippen molar-refractivity contribution >= 4 is 0 Å². The van der Waals surface area contributed by atoms with E-state index in [-0.39, 0.29) is 11.2 Å². The predicted molar refractivity (Wildman–Crippen MR) is 54.6 cm³/mol. The number of fused-ring (bicyclic) bond motifs is 2. The Hall–Kier alpha value is -1.11. The number of hydrogen-bond donors (Lipinski definition) is 0. The van der Waals surface area contributed by atoms with Gasteiger partial charge in [-0.1, -0.05) is 24.3 Å². The largest absolute Gasteiger partial charge is 0.207 e. The van der Waals surface area contributed by atoms with Gasteiger partial charge in [0.15, 0.2) is 0 Å². The fraction of sp³-hybridized carbons (Fsp3) is 0.385. The van der Waals surface area contributed by atoms with Crippen LogP contribution in [-0.4, -0.2) is 0 Å². The van der Waals surface area contributed by atoms with Gasteiger partial charge in [0.05, 0.1) is 0 Å². The van der Waals surface area contributed by atoms with Crippen LogP contribution in [0.15, 0.2) is 36.4 Å². The molecule has 2 bridgehead atoms. The fourth-order valence-corrected chi connectivity index (χ4v) is 2.91. The predicted octanol–water partition coefficient (Wildman–Crippen LogP) is 3.43. The smallest absolute Gasteiger partial charge is 0.123 e. The summed E-state index contributed by atoms with van der Waals surface area (Å²) in [6, 6.07) is 7.09. The van der Waals surface area contributed by atoms with Gasteiger partial charge in [-0.2, -0.15) is 0 Å². The highest BCUT2D eigenvalue weighted by molar-refractivity contribution is 5.37. The average molecular weight is 188 g/mol. The van der Waals surface area contributed by atoms with Crippen LogP contribution in [0.25, 0.3) is 0 Å². The van der Waals surface area contributed by atoms with Gasteiger partial charge in [0.1, 0.15) is 5.82 Å². The summed E-state index contributed by atoms with van der Waals surface area (Å²) in [6.07, 6.45) is 8.24. The summed E-state index contributed by atoms with van der Waals surface area (Å²) in [5.74, 6) is 0.638. The fourth-order valence-electron chi connectivity index (χ4n) is 2.91. The van der Waals surface area contributed by atoms with Crippen molar-refractivity contribution in [2.45, 2.75) is 24.7 Å². The highest BCUT2D eigenvalue weighted by Crippen LogP contribution is 2.50. The summed E-state index contributed by atoms with van der Waals surface area (Å²) < 4.78 is 13.1. The van der Waals surface area contributed by atoms with Crippen LogP contribution in [0, 0.1) is 11.7 Å². The summed E-state index contributed by atoms with van der Waals surface area (Å²) in [6.45, 7) is 0. The van der Waals surface area contributed by atoms with E-state index >= 15 is 0 Å². The maximum atomic E-state index is 13.1. The standard InChI is InChI=1S/C13H13F/c14-12-3-1-2-11(8-12)13-6-4-10(9-13)5-7-13/h1-4,6,8,10H,5,7,9H2. The van der Waals surface area contributed by atoms with Crippen molar-refractivity contribution in [1.82, 2.24) is 0 Å². The molecule has 14 heavy (non-hydrogen) atoms. The van der Waals surface area contributed by atoms with Crippen molar-refractivity contribution in [2.75, 3.05) is 0 Å². The lowest BCUT2D eigenvalue weighted by atomic mass is 9.80. The molecule has 1 fully saturated rings. The first-order chi connectivity index (χ1) is 6.78. The van der Waals surface area contributed by atoms with Crippen LogP contribution in [0.2, 0.25) is 0 Å². The minimum absolute atomic E-state index is 0.111. The van der Waals surface area contributed by atoms with Gasteiger partial charge >= 0.3 is 0 Å². The third kappa shape index (κ3) is 1.05. The summed E-state index contributed by atoms with van der Waals surface area (Å²) >= 11 is 0. The highest BCUT2D eigenvalue weighted by Gasteiger charge is 2.41. The van der Waals surface area contributed by atoms with Crippen molar-refractivity contribution < 1.29 is 4.39 Å². The number of allylic oxidation sites excluding steroid dienone is 2. The molecule has 2 aliphatic carbocycles. The molecule has 2 atom stereocenters. The number of benzene rings is 1. The summed E-state index contributed by atoms with van der Waals surface area (Å²) in [5.41, 5.74) is 1.33. The molecule has 2 unspecified atom stereocenters. The van der Waals surface area contributed by atoms with Crippen molar-refractivity contribution in [1.29, 1.82) is 0 Å². The Balaban J connectivity index is 2.06. The van der Waals surface area contributed by atoms with Gasteiger partial charge in [0.2, 0.25) is 0 Å². The quantitative estimate of drug-likeness (QED) is 0.592. The maximum Gasteiger partial charge on any atom is 0.123 e. The van der Waals surface area contributed by atoms with E-state index < -0.39 is 0 Å². The number of halogens is 1. The summed E-state index contributed by atoms with van der Waals surface area (Å²) in [5, 5.41) is 0. The molecular formula is C13H13F. The van der Waals surface area contributed by atoms with E-state index in [9.17, 15) is 4.39 Å². The molecule has 0 aliphatic heterocycles. The van der Waals surface area contributed by atoms with Gasteiger partial charge in [-0.25, -0.2) is 4.39 Å². The molecule has 0 saturated heterocycles. The Bertz CT molecular complexity index is 394. The molecule has 0 amide bonds. The second kappa shape index (κ2) is 2.69. The molecule has 1 aromatic rings. The van der Waals surface area contributed by atoms with Gasteiger partial charge in [0.25, 0.3) is 0 Å². The zero-order valence-corrected chi connectivity index (χ0v) is 8.04. The van der Waals surface area contributed by atoms with Crippen LogP contribution in [-0.2, 0) is 5.41 Å². The summed E-state index contributed by atoms with van der Waals surface area (Å²) in [4.78, 5) is 0. The third-order valence-electron chi connectivity index (χ3n) is 3.67. The number of rotatable bonds is 1. The van der Waals surface area contributed by atoms with Crippen LogP contribution < -0.4 is 0 Å². The molecule has 0 nitrogen and oxygen atoms in total. The van der Waals surface area contributed by atoms with Gasteiger partial charge in [-0.05, 0) is 42.9 Å². The van der Waals surface area contributed by atoms with Crippen molar-refractivity contribution in [2.24, 2.45) is 5.92 Å². The first kappa shape index (κ1) is 8.22. The van der Waals surface area contributed by atoms with E-state index in [0.29, 0.717) is 0 Å². The van der Waals surface area contributed by atoms with Crippen LogP contribution in [0.5, 0.6) is 0 Å². The zero-order chi connectivity index (χ0) is 9.60. The zero-order valence-electron chi connectivity index (χ0n) is 8.04. The minimum atomic E-state index is -0.111. The van der Waals surface area contributed by atoms with Gasteiger partial charge in [0, 0.05) is 5.41 Å². The monoisotopic (exact) mass is 188 g/mol. The van der Waals surface area contributed by atoms with Crippen molar-refractivity contribution in [3.8, 4) is 0 Å². The van der Waals surface area contributed by atoms with Crippen LogP contribution in [0.1, 0.15) is 24.8 Å². The van der Waals surface area contributed by atoms with Crippen LogP contribution in [0.3, 0.4) is 0 Å². The molecule has 0 spiro atoms. The Morgan fingerprint density at radius 2 is 2.29 bits per heavy atom. The molecule has 1 saturated carbocycles.